The highest BCUT2D eigenvalue weighted by molar-refractivity contribution is 5.95. The number of amides is 2. The van der Waals surface area contributed by atoms with Crippen molar-refractivity contribution in [1.82, 2.24) is 10.6 Å². The molecule has 0 aromatic heterocycles. The number of phenolic OH excluding ortho intramolecular Hbond substituents is 1. The molecule has 0 heterocycles. The van der Waals surface area contributed by atoms with Crippen LogP contribution in [-0.4, -0.2) is 119 Å². The summed E-state index contributed by atoms with van der Waals surface area (Å²) in [4.78, 5) is 95.0. The summed E-state index contributed by atoms with van der Waals surface area (Å²) in [5.74, 6) is -5.51. The van der Waals surface area contributed by atoms with Gasteiger partial charge in [0, 0.05) is 71.3 Å². The molecule has 4 aromatic carbocycles. The number of carbonyl (C=O) groups is 7. The number of hydrogen-bond donors (Lipinski definition) is 4. The van der Waals surface area contributed by atoms with Crippen molar-refractivity contribution in [3.8, 4) is 5.75 Å². The molecular formula is C57H75N3O14. The lowest BCUT2D eigenvalue weighted by molar-refractivity contribution is -0.147. The third-order valence-electron chi connectivity index (χ3n) is 11.5. The lowest BCUT2D eigenvalue weighted by atomic mass is 9.89. The molecule has 0 radical (unpaired) electrons. The Kier molecular flexibility index (Phi) is 31.0. The number of methoxy groups -OCH3 is 2. The van der Waals surface area contributed by atoms with Crippen LogP contribution >= 0.6 is 0 Å². The van der Waals surface area contributed by atoms with Gasteiger partial charge in [-0.25, -0.2) is 0 Å². The van der Waals surface area contributed by atoms with E-state index in [1.807, 2.05) is 54.6 Å². The topological polar surface area (TPSA) is 245 Å². The number of Topliss-reactive ketones (excluding diaryl/α,β-unsaturated/α-hetero) is 3. The van der Waals surface area contributed by atoms with Crippen LogP contribution in [0.2, 0.25) is 0 Å². The van der Waals surface area contributed by atoms with Gasteiger partial charge < -0.3 is 54.7 Å². The molecule has 0 aliphatic rings. The number of carbonyl (C=O) groups excluding carboxylic acids is 7. The zero-order chi connectivity index (χ0) is 53.8. The van der Waals surface area contributed by atoms with Gasteiger partial charge in [-0.1, -0.05) is 103 Å². The number of hydrogen-bond acceptors (Lipinski definition) is 15. The monoisotopic (exact) mass is 1030 g/mol. The second kappa shape index (κ2) is 37.2. The Labute approximate surface area is 435 Å². The second-order valence-corrected chi connectivity index (χ2v) is 17.6. The van der Waals surface area contributed by atoms with E-state index >= 15 is 0 Å². The first-order valence-electron chi connectivity index (χ1n) is 25.0. The number of esters is 2. The summed E-state index contributed by atoms with van der Waals surface area (Å²) in [6.07, 6.45) is -0.644. The minimum absolute atomic E-state index is 0.00163. The third kappa shape index (κ3) is 26.9. The summed E-state index contributed by atoms with van der Waals surface area (Å²) in [6, 6.07) is 31.1. The van der Waals surface area contributed by atoms with Crippen molar-refractivity contribution in [1.29, 1.82) is 0 Å². The highest BCUT2D eigenvalue weighted by Crippen LogP contribution is 2.21. The van der Waals surface area contributed by atoms with Crippen molar-refractivity contribution in [2.45, 2.75) is 96.4 Å². The van der Waals surface area contributed by atoms with E-state index in [0.29, 0.717) is 51.6 Å². The van der Waals surface area contributed by atoms with E-state index in [2.05, 4.69) is 10.6 Å². The van der Waals surface area contributed by atoms with Crippen LogP contribution in [0.25, 0.3) is 0 Å². The zero-order valence-corrected chi connectivity index (χ0v) is 43.0. The Morgan fingerprint density at radius 3 is 1.53 bits per heavy atom. The summed E-state index contributed by atoms with van der Waals surface area (Å²) in [5, 5.41) is 15.5. The molecule has 4 rings (SSSR count). The quantitative estimate of drug-likeness (QED) is 0.0302. The molecule has 2 amide bonds. The first-order chi connectivity index (χ1) is 35.8. The van der Waals surface area contributed by atoms with Crippen molar-refractivity contribution in [3.05, 3.63) is 138 Å². The molecule has 0 unspecified atom stereocenters. The Bertz CT molecular complexity index is 2240. The van der Waals surface area contributed by atoms with Gasteiger partial charge in [0.25, 0.3) is 0 Å². The fourth-order valence-electron chi connectivity index (χ4n) is 7.49. The predicted molar refractivity (Wildman–Crippen MR) is 277 cm³/mol. The first-order valence-corrected chi connectivity index (χ1v) is 25.0. The molecule has 402 valence electrons. The van der Waals surface area contributed by atoms with Crippen molar-refractivity contribution in [2.75, 3.05) is 60.4 Å². The fourth-order valence-corrected chi connectivity index (χ4v) is 7.49. The molecular weight excluding hydrogens is 951 g/mol. The van der Waals surface area contributed by atoms with Gasteiger partial charge in [-0.05, 0) is 73.4 Å². The highest BCUT2D eigenvalue weighted by Gasteiger charge is 2.33. The molecule has 17 heteroatoms. The van der Waals surface area contributed by atoms with E-state index in [1.54, 1.807) is 62.8 Å². The van der Waals surface area contributed by atoms with Crippen LogP contribution in [0.15, 0.2) is 115 Å². The average Bonchev–Trinajstić information content (AvgIpc) is 3.40. The van der Waals surface area contributed by atoms with Crippen LogP contribution in [0.5, 0.6) is 5.75 Å². The SMILES string of the molecule is COCCOCCCC(=O)[C@@H](CCC(=O)OCc1ccccc1)NC(=O)[C@H](CCC(=O)OCc1ccccc1)CC(=O)[C@@H](Cc1ccccc1)NC(=O)[C@@H](CC(C)=O)Cc1ccc(O)cc1.COCCOCCN. The van der Waals surface area contributed by atoms with Crippen LogP contribution in [0.1, 0.15) is 80.5 Å². The average molecular weight is 1030 g/mol. The van der Waals surface area contributed by atoms with E-state index < -0.39 is 59.9 Å². The molecule has 0 aliphatic carbocycles. The van der Waals surface area contributed by atoms with Crippen LogP contribution in [0.3, 0.4) is 0 Å². The normalized spacial score (nSPS) is 12.4. The fraction of sp³-hybridized carbons (Fsp3) is 0.456. The van der Waals surface area contributed by atoms with Crippen molar-refractivity contribution >= 4 is 41.1 Å². The number of nitrogens with two attached hydrogens (primary N) is 1. The smallest absolute Gasteiger partial charge is 0.306 e. The molecule has 0 aliphatic heterocycles. The van der Waals surface area contributed by atoms with Gasteiger partial charge in [-0.15, -0.1) is 0 Å². The second-order valence-electron chi connectivity index (χ2n) is 17.6. The van der Waals surface area contributed by atoms with Crippen LogP contribution in [0.4, 0.5) is 0 Å². The van der Waals surface area contributed by atoms with E-state index in [9.17, 15) is 38.7 Å². The lowest BCUT2D eigenvalue weighted by Crippen LogP contribution is -2.48. The molecule has 0 saturated carbocycles. The predicted octanol–water partition coefficient (Wildman–Crippen LogP) is 5.99. The zero-order valence-electron chi connectivity index (χ0n) is 43.0. The molecule has 0 fully saturated rings. The van der Waals surface area contributed by atoms with Crippen molar-refractivity contribution < 1.29 is 67.1 Å². The summed E-state index contributed by atoms with van der Waals surface area (Å²) in [7, 11) is 3.19. The molecule has 4 atom stereocenters. The van der Waals surface area contributed by atoms with Gasteiger partial charge in [0.15, 0.2) is 11.6 Å². The maximum Gasteiger partial charge on any atom is 0.306 e. The van der Waals surface area contributed by atoms with Crippen molar-refractivity contribution in [3.63, 3.8) is 0 Å². The first kappa shape index (κ1) is 61.7. The van der Waals surface area contributed by atoms with Gasteiger partial charge >= 0.3 is 11.9 Å². The van der Waals surface area contributed by atoms with Gasteiger partial charge in [0.2, 0.25) is 11.8 Å². The molecule has 0 saturated heterocycles. The standard InChI is InChI=1S/C52H62N2O12.C5H13NO2/c1-37(55)31-43(32-39-20-23-44(56)24-21-39)52(62)54-46(33-38-13-6-3-7-14-38)48(58)34-42(22-26-49(59)65-35-40-15-8-4-9-16-40)51(61)53-45(47(57)19-12-28-64-30-29-63-2)25-27-50(60)66-36-41-17-10-5-11-18-41;1-7-4-5-8-3-2-6/h3-11,13-18,20-21,23-24,42-43,45-46,56H,12,19,22,25-36H2,1-2H3,(H,53,61)(H,54,62);2-6H2,1H3/t42-,43+,45-,46-;/m1./s1. The number of ketones is 3. The van der Waals surface area contributed by atoms with Gasteiger partial charge in [0.1, 0.15) is 24.7 Å². The molecule has 17 nitrogen and oxygen atoms in total. The minimum Gasteiger partial charge on any atom is -0.508 e. The molecule has 0 spiro atoms. The molecule has 4 aromatic rings. The molecule has 74 heavy (non-hydrogen) atoms. The Hall–Kier alpha value is -6.63. The number of benzene rings is 4. The minimum atomic E-state index is -1.17. The summed E-state index contributed by atoms with van der Waals surface area (Å²) >= 11 is 0. The van der Waals surface area contributed by atoms with E-state index in [4.69, 9.17) is 34.2 Å². The number of ether oxygens (including phenoxy) is 6. The van der Waals surface area contributed by atoms with Crippen LogP contribution in [0, 0.1) is 11.8 Å². The van der Waals surface area contributed by atoms with E-state index in [1.165, 1.54) is 19.1 Å². The van der Waals surface area contributed by atoms with Crippen LogP contribution < -0.4 is 16.4 Å². The molecule has 5 N–H and O–H groups in total. The highest BCUT2D eigenvalue weighted by atomic mass is 16.5. The summed E-state index contributed by atoms with van der Waals surface area (Å²) in [5.41, 5.74) is 8.11. The van der Waals surface area contributed by atoms with Crippen molar-refractivity contribution in [2.24, 2.45) is 17.6 Å². The maximum absolute atomic E-state index is 14.5. The Balaban J connectivity index is 0.00000166. The number of phenols is 1. The van der Waals surface area contributed by atoms with Gasteiger partial charge in [-0.3, -0.25) is 28.8 Å². The number of aromatic hydroxyl groups is 1. The summed E-state index contributed by atoms with van der Waals surface area (Å²) in [6.45, 7) is 4.89. The number of rotatable bonds is 36. The van der Waals surface area contributed by atoms with Gasteiger partial charge in [-0.2, -0.15) is 0 Å². The lowest BCUT2D eigenvalue weighted by Gasteiger charge is -2.25. The summed E-state index contributed by atoms with van der Waals surface area (Å²) < 4.78 is 31.2. The van der Waals surface area contributed by atoms with Crippen LogP contribution in [-0.2, 0) is 88.0 Å². The third-order valence-corrected chi connectivity index (χ3v) is 11.5. The van der Waals surface area contributed by atoms with Gasteiger partial charge in [0.05, 0.1) is 45.1 Å². The number of nitrogens with one attached hydrogen (secondary N) is 2. The largest absolute Gasteiger partial charge is 0.508 e. The van der Waals surface area contributed by atoms with E-state index in [-0.39, 0.29) is 88.5 Å². The molecule has 0 bridgehead atoms. The maximum atomic E-state index is 14.5. The van der Waals surface area contributed by atoms with E-state index in [0.717, 1.165) is 16.7 Å². The Morgan fingerprint density at radius 1 is 0.514 bits per heavy atom. The Morgan fingerprint density at radius 2 is 1.00 bits per heavy atom.